The maximum absolute atomic E-state index is 12.2. The third-order valence-electron chi connectivity index (χ3n) is 2.64. The molecule has 6 heteroatoms. The van der Waals surface area contributed by atoms with Crippen molar-refractivity contribution in [1.82, 2.24) is 4.90 Å². The molecule has 0 aromatic rings. The van der Waals surface area contributed by atoms with E-state index >= 15 is 0 Å². The summed E-state index contributed by atoms with van der Waals surface area (Å²) in [7, 11) is 0. The van der Waals surface area contributed by atoms with Gasteiger partial charge < -0.3 is 10.5 Å². The first-order valence-electron chi connectivity index (χ1n) is 5.62. The molecule has 0 spiro atoms. The Bertz CT molecular complexity index is 193. The molecule has 0 aliphatic carbocycles. The third kappa shape index (κ3) is 5.67. The van der Waals surface area contributed by atoms with Crippen LogP contribution in [0.5, 0.6) is 0 Å². The van der Waals surface area contributed by atoms with Crippen molar-refractivity contribution in [2.24, 2.45) is 5.73 Å². The van der Waals surface area contributed by atoms with Crippen LogP contribution in [0.1, 0.15) is 19.3 Å². The largest absolute Gasteiger partial charge is 0.401 e. The maximum atomic E-state index is 12.2. The van der Waals surface area contributed by atoms with Crippen LogP contribution < -0.4 is 5.73 Å². The molecule has 1 aliphatic rings. The van der Waals surface area contributed by atoms with E-state index < -0.39 is 12.7 Å². The molecule has 1 fully saturated rings. The summed E-state index contributed by atoms with van der Waals surface area (Å²) < 4.78 is 42.0. The van der Waals surface area contributed by atoms with Crippen LogP contribution in [0.25, 0.3) is 0 Å². The Balaban J connectivity index is 2.26. The number of hydrogen-bond acceptors (Lipinski definition) is 3. The predicted octanol–water partition coefficient (Wildman–Crippen LogP) is 1.38. The molecule has 0 aromatic carbocycles. The minimum Gasteiger partial charge on any atom is -0.378 e. The van der Waals surface area contributed by atoms with Crippen molar-refractivity contribution in [2.45, 2.75) is 31.5 Å². The van der Waals surface area contributed by atoms with Crippen LogP contribution in [-0.4, -0.2) is 50.0 Å². The molecule has 1 unspecified atom stereocenters. The number of hydrogen-bond donors (Lipinski definition) is 1. The summed E-state index contributed by atoms with van der Waals surface area (Å²) in [6, 6.07) is 0. The van der Waals surface area contributed by atoms with Crippen molar-refractivity contribution in [2.75, 3.05) is 32.8 Å². The van der Waals surface area contributed by atoms with E-state index in [9.17, 15) is 13.2 Å². The Kier molecular flexibility index (Phi) is 5.51. The second kappa shape index (κ2) is 6.42. The van der Waals surface area contributed by atoms with Crippen molar-refractivity contribution in [3.8, 4) is 0 Å². The van der Waals surface area contributed by atoms with Crippen LogP contribution >= 0.6 is 0 Å². The molecule has 1 heterocycles. The van der Waals surface area contributed by atoms with Gasteiger partial charge in [0.05, 0.1) is 12.6 Å². The van der Waals surface area contributed by atoms with E-state index in [0.717, 1.165) is 19.4 Å². The van der Waals surface area contributed by atoms with E-state index in [1.807, 2.05) is 0 Å². The molecule has 1 atom stereocenters. The summed E-state index contributed by atoms with van der Waals surface area (Å²) in [4.78, 5) is 1.35. The van der Waals surface area contributed by atoms with Gasteiger partial charge in [-0.1, -0.05) is 0 Å². The molecule has 0 amide bonds. The minimum absolute atomic E-state index is 0.133. The van der Waals surface area contributed by atoms with E-state index in [2.05, 4.69) is 0 Å². The van der Waals surface area contributed by atoms with Crippen LogP contribution in [0.4, 0.5) is 13.2 Å². The van der Waals surface area contributed by atoms with Gasteiger partial charge in [-0.3, -0.25) is 4.90 Å². The van der Waals surface area contributed by atoms with Crippen LogP contribution in [0.2, 0.25) is 0 Å². The average molecular weight is 240 g/mol. The van der Waals surface area contributed by atoms with Gasteiger partial charge in [0.1, 0.15) is 0 Å². The Morgan fingerprint density at radius 2 is 2.06 bits per heavy atom. The number of nitrogens with zero attached hydrogens (tertiary/aromatic N) is 1. The lowest BCUT2D eigenvalue weighted by Gasteiger charge is -2.24. The van der Waals surface area contributed by atoms with E-state index in [4.69, 9.17) is 10.5 Å². The molecule has 0 aromatic heterocycles. The first-order valence-corrected chi connectivity index (χ1v) is 5.62. The number of nitrogens with two attached hydrogens (primary N) is 1. The zero-order valence-corrected chi connectivity index (χ0v) is 9.30. The first kappa shape index (κ1) is 13.7. The molecule has 16 heavy (non-hydrogen) atoms. The molecular formula is C10H19F3N2O. The fourth-order valence-electron chi connectivity index (χ4n) is 1.90. The highest BCUT2D eigenvalue weighted by molar-refractivity contribution is 4.70. The van der Waals surface area contributed by atoms with Crippen molar-refractivity contribution in [3.05, 3.63) is 0 Å². The number of alkyl halides is 3. The Morgan fingerprint density at radius 3 is 2.56 bits per heavy atom. The second-order valence-corrected chi connectivity index (χ2v) is 4.10. The van der Waals surface area contributed by atoms with E-state index in [1.165, 1.54) is 4.90 Å². The summed E-state index contributed by atoms with van der Waals surface area (Å²) in [5, 5.41) is 0. The smallest absolute Gasteiger partial charge is 0.378 e. The van der Waals surface area contributed by atoms with Gasteiger partial charge in [0.25, 0.3) is 0 Å². The summed E-state index contributed by atoms with van der Waals surface area (Å²) >= 11 is 0. The summed E-state index contributed by atoms with van der Waals surface area (Å²) in [5.74, 6) is 0. The van der Waals surface area contributed by atoms with Gasteiger partial charge in [-0.25, -0.2) is 0 Å². The van der Waals surface area contributed by atoms with Crippen molar-refractivity contribution >= 4 is 0 Å². The summed E-state index contributed by atoms with van der Waals surface area (Å²) in [6.45, 7) is 0.799. The van der Waals surface area contributed by atoms with Crippen LogP contribution in [0, 0.1) is 0 Å². The Labute approximate surface area is 93.7 Å². The lowest BCUT2D eigenvalue weighted by Crippen LogP contribution is -2.39. The fourth-order valence-corrected chi connectivity index (χ4v) is 1.90. The highest BCUT2D eigenvalue weighted by Gasteiger charge is 2.30. The second-order valence-electron chi connectivity index (χ2n) is 4.10. The lowest BCUT2D eigenvalue weighted by molar-refractivity contribution is -0.146. The van der Waals surface area contributed by atoms with Crippen LogP contribution in [-0.2, 0) is 4.74 Å². The van der Waals surface area contributed by atoms with E-state index in [0.29, 0.717) is 13.0 Å². The predicted molar refractivity (Wildman–Crippen MR) is 55.1 cm³/mol. The van der Waals surface area contributed by atoms with Gasteiger partial charge >= 0.3 is 6.18 Å². The molecule has 1 aliphatic heterocycles. The molecule has 1 saturated heterocycles. The zero-order chi connectivity index (χ0) is 12.0. The van der Waals surface area contributed by atoms with E-state index in [-0.39, 0.29) is 19.2 Å². The van der Waals surface area contributed by atoms with Gasteiger partial charge in [-0.2, -0.15) is 13.2 Å². The monoisotopic (exact) mass is 240 g/mol. The van der Waals surface area contributed by atoms with Gasteiger partial charge in [0.2, 0.25) is 0 Å². The van der Waals surface area contributed by atoms with Gasteiger partial charge in [-0.15, -0.1) is 0 Å². The van der Waals surface area contributed by atoms with Crippen LogP contribution in [0.15, 0.2) is 0 Å². The first-order chi connectivity index (χ1) is 7.51. The fraction of sp³-hybridized carbons (Fsp3) is 1.00. The topological polar surface area (TPSA) is 38.5 Å². The molecule has 1 rings (SSSR count). The van der Waals surface area contributed by atoms with Crippen LogP contribution in [0.3, 0.4) is 0 Å². The van der Waals surface area contributed by atoms with Crippen molar-refractivity contribution in [3.63, 3.8) is 0 Å². The molecular weight excluding hydrogens is 221 g/mol. The quantitative estimate of drug-likeness (QED) is 0.762. The van der Waals surface area contributed by atoms with Crippen molar-refractivity contribution in [1.29, 1.82) is 0 Å². The SMILES string of the molecule is NCCN(CCC1CCCO1)CC(F)(F)F. The molecule has 96 valence electrons. The zero-order valence-electron chi connectivity index (χ0n) is 9.30. The third-order valence-corrected chi connectivity index (χ3v) is 2.64. The average Bonchev–Trinajstić information content (AvgIpc) is 2.64. The lowest BCUT2D eigenvalue weighted by atomic mass is 10.2. The normalized spacial score (nSPS) is 21.9. The molecule has 0 bridgehead atoms. The molecule has 0 radical (unpaired) electrons. The Hall–Kier alpha value is -0.330. The summed E-state index contributed by atoms with van der Waals surface area (Å²) in [6.07, 6.45) is -1.38. The van der Waals surface area contributed by atoms with Gasteiger partial charge in [-0.05, 0) is 19.3 Å². The maximum Gasteiger partial charge on any atom is 0.401 e. The molecule has 0 saturated carbocycles. The number of rotatable bonds is 6. The van der Waals surface area contributed by atoms with E-state index in [1.54, 1.807) is 0 Å². The highest BCUT2D eigenvalue weighted by Crippen LogP contribution is 2.19. The highest BCUT2D eigenvalue weighted by atomic mass is 19.4. The number of ether oxygens (including phenoxy) is 1. The number of halogens is 3. The summed E-state index contributed by atoms with van der Waals surface area (Å²) in [5.41, 5.74) is 5.29. The Morgan fingerprint density at radius 1 is 1.31 bits per heavy atom. The van der Waals surface area contributed by atoms with Gasteiger partial charge in [0.15, 0.2) is 0 Å². The van der Waals surface area contributed by atoms with Gasteiger partial charge in [0, 0.05) is 26.2 Å². The minimum atomic E-state index is -4.15. The molecule has 3 nitrogen and oxygen atoms in total. The van der Waals surface area contributed by atoms with Crippen molar-refractivity contribution < 1.29 is 17.9 Å². The molecule has 2 N–H and O–H groups in total. The standard InChI is InChI=1S/C10H19F3N2O/c11-10(12,13)8-15(6-4-14)5-3-9-2-1-7-16-9/h9H,1-8,14H2.